The Morgan fingerprint density at radius 1 is 1.25 bits per heavy atom. The maximum Gasteiger partial charge on any atom is 0.0997 e. The summed E-state index contributed by atoms with van der Waals surface area (Å²) >= 11 is 0. The van der Waals surface area contributed by atoms with Crippen molar-refractivity contribution in [2.45, 2.75) is 26.9 Å². The highest BCUT2D eigenvalue weighted by atomic mass is 16.3. The van der Waals surface area contributed by atoms with Crippen molar-refractivity contribution in [2.75, 3.05) is 0 Å². The Morgan fingerprint density at radius 2 is 1.94 bits per heavy atom. The highest BCUT2D eigenvalue weighted by Gasteiger charge is 2.11. The summed E-state index contributed by atoms with van der Waals surface area (Å²) in [5, 5.41) is 9.73. The largest absolute Gasteiger partial charge is 0.389 e. The van der Waals surface area contributed by atoms with E-state index in [2.05, 4.69) is 4.98 Å². The fraction of sp³-hybridized carbons (Fsp3) is 0.308. The minimum absolute atomic E-state index is 0.474. The van der Waals surface area contributed by atoms with Crippen molar-refractivity contribution in [2.24, 2.45) is 0 Å². The van der Waals surface area contributed by atoms with Gasteiger partial charge in [0.05, 0.1) is 23.8 Å². The van der Waals surface area contributed by atoms with Crippen LogP contribution in [0, 0.1) is 13.8 Å². The van der Waals surface area contributed by atoms with Crippen molar-refractivity contribution in [3.8, 4) is 5.69 Å². The van der Waals surface area contributed by atoms with E-state index in [1.165, 1.54) is 0 Å². The summed E-state index contributed by atoms with van der Waals surface area (Å²) in [5.41, 5.74) is 4.03. The molecule has 0 fully saturated rings. The fourth-order valence-corrected chi connectivity index (χ4v) is 1.80. The number of aliphatic hydroxyl groups is 1. The van der Waals surface area contributed by atoms with Crippen molar-refractivity contribution in [1.29, 1.82) is 0 Å². The van der Waals surface area contributed by atoms with Crippen LogP contribution < -0.4 is 0 Å². The molecule has 0 spiro atoms. The van der Waals surface area contributed by atoms with Gasteiger partial charge in [-0.05, 0) is 26.8 Å². The monoisotopic (exact) mass is 216 g/mol. The third-order valence-corrected chi connectivity index (χ3v) is 2.90. The average Bonchev–Trinajstić information content (AvgIpc) is 2.60. The van der Waals surface area contributed by atoms with Crippen LogP contribution in [0.1, 0.15) is 30.0 Å². The molecule has 0 unspecified atom stereocenters. The number of nitrogens with zero attached hydrogens (tertiary/aromatic N) is 2. The van der Waals surface area contributed by atoms with E-state index in [1.54, 1.807) is 13.3 Å². The molecule has 3 heteroatoms. The third-order valence-electron chi connectivity index (χ3n) is 2.90. The van der Waals surface area contributed by atoms with Gasteiger partial charge in [-0.1, -0.05) is 18.2 Å². The molecule has 0 saturated carbocycles. The minimum atomic E-state index is -0.474. The first-order chi connectivity index (χ1) is 7.61. The normalized spacial score (nSPS) is 12.8. The van der Waals surface area contributed by atoms with Gasteiger partial charge in [0.15, 0.2) is 0 Å². The molecular weight excluding hydrogens is 200 g/mol. The van der Waals surface area contributed by atoms with Crippen LogP contribution >= 0.6 is 0 Å². The number of benzene rings is 1. The number of hydrogen-bond donors (Lipinski definition) is 1. The van der Waals surface area contributed by atoms with Gasteiger partial charge in [0.1, 0.15) is 0 Å². The average molecular weight is 216 g/mol. The Balaban J connectivity index is 2.60. The van der Waals surface area contributed by atoms with Gasteiger partial charge in [0, 0.05) is 11.3 Å². The first-order valence-corrected chi connectivity index (χ1v) is 5.39. The Morgan fingerprint density at radius 3 is 2.50 bits per heavy atom. The predicted octanol–water partition coefficient (Wildman–Crippen LogP) is 2.54. The summed E-state index contributed by atoms with van der Waals surface area (Å²) in [6.07, 6.45) is 1.32. The van der Waals surface area contributed by atoms with E-state index in [0.717, 1.165) is 22.6 Å². The zero-order chi connectivity index (χ0) is 11.7. The van der Waals surface area contributed by atoms with Crippen LogP contribution in [0.5, 0.6) is 0 Å². The van der Waals surface area contributed by atoms with Crippen molar-refractivity contribution in [3.63, 3.8) is 0 Å². The van der Waals surface area contributed by atoms with E-state index in [1.807, 2.05) is 42.7 Å². The summed E-state index contributed by atoms with van der Waals surface area (Å²) in [4.78, 5) is 4.27. The molecule has 1 N–H and O–H groups in total. The van der Waals surface area contributed by atoms with Crippen molar-refractivity contribution >= 4 is 0 Å². The number of hydrogen-bond acceptors (Lipinski definition) is 2. The van der Waals surface area contributed by atoms with E-state index >= 15 is 0 Å². The van der Waals surface area contributed by atoms with Crippen LogP contribution in [0.25, 0.3) is 5.69 Å². The number of aromatic nitrogens is 2. The van der Waals surface area contributed by atoms with E-state index in [4.69, 9.17) is 0 Å². The highest BCUT2D eigenvalue weighted by Crippen LogP contribution is 2.23. The molecule has 1 aromatic heterocycles. The number of imidazole rings is 1. The molecule has 0 radical (unpaired) electrons. The molecule has 1 aromatic carbocycles. The Kier molecular flexibility index (Phi) is 2.79. The molecule has 0 aliphatic heterocycles. The van der Waals surface area contributed by atoms with Crippen LogP contribution in [0.3, 0.4) is 0 Å². The molecule has 84 valence electrons. The van der Waals surface area contributed by atoms with E-state index in [-0.39, 0.29) is 0 Å². The van der Waals surface area contributed by atoms with Gasteiger partial charge in [-0.15, -0.1) is 0 Å². The lowest BCUT2D eigenvalue weighted by Gasteiger charge is -2.13. The predicted molar refractivity (Wildman–Crippen MR) is 63.7 cm³/mol. The lowest BCUT2D eigenvalue weighted by molar-refractivity contribution is 0.199. The molecule has 0 bridgehead atoms. The van der Waals surface area contributed by atoms with E-state index in [9.17, 15) is 5.11 Å². The van der Waals surface area contributed by atoms with Crippen molar-refractivity contribution in [1.82, 2.24) is 9.55 Å². The van der Waals surface area contributed by atoms with Crippen LogP contribution in [0.15, 0.2) is 30.6 Å². The summed E-state index contributed by atoms with van der Waals surface area (Å²) in [6, 6.07) is 7.84. The molecular formula is C13H16N2O. The molecule has 0 saturated heterocycles. The maximum absolute atomic E-state index is 9.73. The van der Waals surface area contributed by atoms with Gasteiger partial charge in [-0.3, -0.25) is 0 Å². The summed E-state index contributed by atoms with van der Waals surface area (Å²) < 4.78 is 2.01. The number of aliphatic hydroxyl groups excluding tert-OH is 1. The zero-order valence-electron chi connectivity index (χ0n) is 9.81. The maximum atomic E-state index is 9.73. The lowest BCUT2D eigenvalue weighted by atomic mass is 10.1. The number of rotatable bonds is 2. The first-order valence-electron chi connectivity index (χ1n) is 5.39. The fourth-order valence-electron chi connectivity index (χ4n) is 1.80. The molecule has 2 rings (SSSR count). The summed E-state index contributed by atoms with van der Waals surface area (Å²) in [6.45, 7) is 5.79. The van der Waals surface area contributed by atoms with Crippen LogP contribution in [-0.2, 0) is 0 Å². The summed E-state index contributed by atoms with van der Waals surface area (Å²) in [7, 11) is 0. The van der Waals surface area contributed by atoms with Crippen molar-refractivity contribution in [3.05, 3.63) is 47.5 Å². The second kappa shape index (κ2) is 4.10. The van der Waals surface area contributed by atoms with E-state index < -0.39 is 6.10 Å². The molecule has 3 nitrogen and oxygen atoms in total. The molecule has 1 atom stereocenters. The second-order valence-electron chi connectivity index (χ2n) is 4.02. The Labute approximate surface area is 95.4 Å². The quantitative estimate of drug-likeness (QED) is 0.837. The molecule has 0 aliphatic rings. The van der Waals surface area contributed by atoms with Gasteiger partial charge in [-0.2, -0.15) is 0 Å². The zero-order valence-corrected chi connectivity index (χ0v) is 9.81. The van der Waals surface area contributed by atoms with E-state index in [0.29, 0.717) is 0 Å². The Bertz CT molecular complexity index is 500. The number of para-hydroxylation sites is 1. The van der Waals surface area contributed by atoms with Crippen LogP contribution in [0.2, 0.25) is 0 Å². The van der Waals surface area contributed by atoms with Crippen LogP contribution in [0.4, 0.5) is 0 Å². The SMILES string of the molecule is Cc1ncn(-c2ccccc2[C@H](C)O)c1C. The molecule has 0 amide bonds. The van der Waals surface area contributed by atoms with Gasteiger partial charge in [0.2, 0.25) is 0 Å². The number of aryl methyl sites for hydroxylation is 1. The molecule has 16 heavy (non-hydrogen) atoms. The third kappa shape index (κ3) is 1.74. The second-order valence-corrected chi connectivity index (χ2v) is 4.02. The van der Waals surface area contributed by atoms with Gasteiger partial charge < -0.3 is 9.67 Å². The highest BCUT2D eigenvalue weighted by molar-refractivity contribution is 5.44. The topological polar surface area (TPSA) is 38.0 Å². The minimum Gasteiger partial charge on any atom is -0.389 e. The smallest absolute Gasteiger partial charge is 0.0997 e. The van der Waals surface area contributed by atoms with Crippen molar-refractivity contribution < 1.29 is 5.11 Å². The van der Waals surface area contributed by atoms with Gasteiger partial charge in [-0.25, -0.2) is 4.98 Å². The Hall–Kier alpha value is -1.61. The molecule has 1 heterocycles. The van der Waals surface area contributed by atoms with Crippen LogP contribution in [-0.4, -0.2) is 14.7 Å². The lowest BCUT2D eigenvalue weighted by Crippen LogP contribution is -2.03. The molecule has 0 aliphatic carbocycles. The standard InChI is InChI=1S/C13H16N2O/c1-9-10(2)15(8-14-9)13-7-5-4-6-12(13)11(3)16/h4-8,11,16H,1-3H3/t11-/m0/s1. The first kappa shape index (κ1) is 10.9. The molecule has 2 aromatic rings. The van der Waals surface area contributed by atoms with Gasteiger partial charge in [0.25, 0.3) is 0 Å². The van der Waals surface area contributed by atoms with Gasteiger partial charge >= 0.3 is 0 Å². The summed E-state index contributed by atoms with van der Waals surface area (Å²) in [5.74, 6) is 0.